The molecule has 3 aromatic carbocycles. The van der Waals surface area contributed by atoms with Crippen molar-refractivity contribution in [1.82, 2.24) is 0 Å². The van der Waals surface area contributed by atoms with Gasteiger partial charge < -0.3 is 9.47 Å². The predicted molar refractivity (Wildman–Crippen MR) is 102 cm³/mol. The first-order valence-corrected chi connectivity index (χ1v) is 8.64. The summed E-state index contributed by atoms with van der Waals surface area (Å²) in [7, 11) is 1.71. The summed E-state index contributed by atoms with van der Waals surface area (Å²) in [4.78, 5) is 0. The Labute approximate surface area is 150 Å². The van der Waals surface area contributed by atoms with Gasteiger partial charge in [-0.2, -0.15) is 0 Å². The molecule has 0 atom stereocenters. The molecule has 0 N–H and O–H groups in total. The third kappa shape index (κ3) is 4.63. The van der Waals surface area contributed by atoms with Gasteiger partial charge in [-0.3, -0.25) is 0 Å². The highest BCUT2D eigenvalue weighted by Gasteiger charge is 2.09. The highest BCUT2D eigenvalue weighted by atomic mass is 16.5. The number of ether oxygens (including phenoxy) is 2. The van der Waals surface area contributed by atoms with Crippen molar-refractivity contribution >= 4 is 0 Å². The van der Waals surface area contributed by atoms with E-state index >= 15 is 0 Å². The van der Waals surface area contributed by atoms with Gasteiger partial charge in [0, 0.05) is 6.07 Å². The average Bonchev–Trinajstić information content (AvgIpc) is 2.67. The topological polar surface area (TPSA) is 18.5 Å². The van der Waals surface area contributed by atoms with Crippen LogP contribution in [0.15, 0.2) is 72.8 Å². The third-order valence-corrected chi connectivity index (χ3v) is 4.44. The Kier molecular flexibility index (Phi) is 5.73. The molecule has 3 aromatic rings. The van der Waals surface area contributed by atoms with Crippen LogP contribution in [-0.2, 0) is 19.4 Å². The standard InChI is InChI=1S/C23H24O2/c1-18-21(14-13-19-9-5-3-6-10-19)15-22(16-23(18)24-2)25-17-20-11-7-4-8-12-20/h3-12,15-16H,13-14,17H2,1-2H3. The Bertz CT molecular complexity index is 795. The van der Waals surface area contributed by atoms with Gasteiger partial charge in [0.1, 0.15) is 18.1 Å². The van der Waals surface area contributed by atoms with Gasteiger partial charge in [-0.1, -0.05) is 60.7 Å². The van der Waals surface area contributed by atoms with E-state index in [9.17, 15) is 0 Å². The summed E-state index contributed by atoms with van der Waals surface area (Å²) in [5, 5.41) is 0. The monoisotopic (exact) mass is 332 g/mol. The fourth-order valence-corrected chi connectivity index (χ4v) is 2.94. The van der Waals surface area contributed by atoms with Crippen molar-refractivity contribution in [2.45, 2.75) is 26.4 Å². The SMILES string of the molecule is COc1cc(OCc2ccccc2)cc(CCc2ccccc2)c1C. The molecule has 0 radical (unpaired) electrons. The second-order valence-corrected chi connectivity index (χ2v) is 6.17. The number of aryl methyl sites for hydroxylation is 2. The van der Waals surface area contributed by atoms with Gasteiger partial charge in [0.15, 0.2) is 0 Å². The van der Waals surface area contributed by atoms with Crippen LogP contribution in [0.1, 0.15) is 22.3 Å². The first-order valence-electron chi connectivity index (χ1n) is 8.64. The number of hydrogen-bond donors (Lipinski definition) is 0. The molecule has 0 aliphatic rings. The van der Waals surface area contributed by atoms with Crippen molar-refractivity contribution in [3.05, 3.63) is 95.1 Å². The van der Waals surface area contributed by atoms with Crippen LogP contribution in [0.3, 0.4) is 0 Å². The largest absolute Gasteiger partial charge is 0.496 e. The summed E-state index contributed by atoms with van der Waals surface area (Å²) >= 11 is 0. The summed E-state index contributed by atoms with van der Waals surface area (Å²) < 4.78 is 11.6. The van der Waals surface area contributed by atoms with E-state index < -0.39 is 0 Å². The lowest BCUT2D eigenvalue weighted by Gasteiger charge is -2.15. The summed E-state index contributed by atoms with van der Waals surface area (Å²) in [6.45, 7) is 2.67. The molecule has 0 aliphatic heterocycles. The predicted octanol–water partition coefficient (Wildman–Crippen LogP) is 5.37. The van der Waals surface area contributed by atoms with Crippen LogP contribution < -0.4 is 9.47 Å². The minimum absolute atomic E-state index is 0.561. The molecule has 25 heavy (non-hydrogen) atoms. The van der Waals surface area contributed by atoms with Crippen LogP contribution in [0.2, 0.25) is 0 Å². The Hall–Kier alpha value is -2.74. The van der Waals surface area contributed by atoms with Crippen LogP contribution >= 0.6 is 0 Å². The lowest BCUT2D eigenvalue weighted by molar-refractivity contribution is 0.303. The summed E-state index contributed by atoms with van der Waals surface area (Å²) in [6, 6.07) is 24.9. The molecule has 0 unspecified atom stereocenters. The maximum absolute atomic E-state index is 6.00. The molecule has 128 valence electrons. The highest BCUT2D eigenvalue weighted by molar-refractivity contribution is 5.46. The third-order valence-electron chi connectivity index (χ3n) is 4.44. The molecule has 0 amide bonds. The van der Waals surface area contributed by atoms with Crippen molar-refractivity contribution in [3.63, 3.8) is 0 Å². The number of benzene rings is 3. The van der Waals surface area contributed by atoms with E-state index in [1.807, 2.05) is 24.3 Å². The van der Waals surface area contributed by atoms with Crippen LogP contribution in [-0.4, -0.2) is 7.11 Å². The lowest BCUT2D eigenvalue weighted by Crippen LogP contribution is -2.01. The van der Waals surface area contributed by atoms with Crippen LogP contribution in [0.4, 0.5) is 0 Å². The van der Waals surface area contributed by atoms with Gasteiger partial charge in [0.25, 0.3) is 0 Å². The molecular formula is C23H24O2. The fourth-order valence-electron chi connectivity index (χ4n) is 2.94. The van der Waals surface area contributed by atoms with Crippen LogP contribution in [0.5, 0.6) is 11.5 Å². The summed E-state index contributed by atoms with van der Waals surface area (Å²) in [6.07, 6.45) is 1.97. The van der Waals surface area contributed by atoms with Crippen molar-refractivity contribution < 1.29 is 9.47 Å². The van der Waals surface area contributed by atoms with Crippen molar-refractivity contribution in [2.24, 2.45) is 0 Å². The zero-order valence-corrected chi connectivity index (χ0v) is 14.9. The summed E-state index contributed by atoms with van der Waals surface area (Å²) in [5.74, 6) is 1.74. The molecule has 0 spiro atoms. The number of hydrogen-bond acceptors (Lipinski definition) is 2. The Balaban J connectivity index is 1.75. The Morgan fingerprint density at radius 1 is 0.760 bits per heavy atom. The van der Waals surface area contributed by atoms with Crippen LogP contribution in [0, 0.1) is 6.92 Å². The molecule has 2 nitrogen and oxygen atoms in total. The zero-order valence-electron chi connectivity index (χ0n) is 14.9. The van der Waals surface area contributed by atoms with E-state index in [2.05, 4.69) is 55.5 Å². The van der Waals surface area contributed by atoms with Gasteiger partial charge in [0.05, 0.1) is 7.11 Å². The maximum atomic E-state index is 6.00. The van der Waals surface area contributed by atoms with Crippen molar-refractivity contribution in [1.29, 1.82) is 0 Å². The minimum Gasteiger partial charge on any atom is -0.496 e. The van der Waals surface area contributed by atoms with Gasteiger partial charge in [0.2, 0.25) is 0 Å². The average molecular weight is 332 g/mol. The highest BCUT2D eigenvalue weighted by Crippen LogP contribution is 2.29. The van der Waals surface area contributed by atoms with Gasteiger partial charge >= 0.3 is 0 Å². The molecule has 0 heterocycles. The van der Waals surface area contributed by atoms with Crippen LogP contribution in [0.25, 0.3) is 0 Å². The smallest absolute Gasteiger partial charge is 0.125 e. The second-order valence-electron chi connectivity index (χ2n) is 6.17. The first kappa shape index (κ1) is 17.1. The van der Waals surface area contributed by atoms with E-state index in [1.54, 1.807) is 7.11 Å². The molecule has 3 rings (SSSR count). The molecule has 2 heteroatoms. The van der Waals surface area contributed by atoms with Crippen molar-refractivity contribution in [2.75, 3.05) is 7.11 Å². The number of rotatable bonds is 7. The fraction of sp³-hybridized carbons (Fsp3) is 0.217. The molecule has 0 bridgehead atoms. The lowest BCUT2D eigenvalue weighted by atomic mass is 9.99. The van der Waals surface area contributed by atoms with E-state index in [0.717, 1.165) is 29.9 Å². The molecule has 0 fully saturated rings. The van der Waals surface area contributed by atoms with E-state index in [-0.39, 0.29) is 0 Å². The molecule has 0 aliphatic carbocycles. The first-order chi connectivity index (χ1) is 12.3. The molecular weight excluding hydrogens is 308 g/mol. The Morgan fingerprint density at radius 2 is 1.40 bits per heavy atom. The van der Waals surface area contributed by atoms with Gasteiger partial charge in [-0.05, 0) is 48.1 Å². The van der Waals surface area contributed by atoms with E-state index in [1.165, 1.54) is 16.7 Å². The maximum Gasteiger partial charge on any atom is 0.125 e. The Morgan fingerprint density at radius 3 is 2.04 bits per heavy atom. The quantitative estimate of drug-likeness (QED) is 0.579. The molecule has 0 aromatic heterocycles. The second kappa shape index (κ2) is 8.39. The van der Waals surface area contributed by atoms with Gasteiger partial charge in [-0.15, -0.1) is 0 Å². The zero-order chi connectivity index (χ0) is 17.5. The number of methoxy groups -OCH3 is 1. The van der Waals surface area contributed by atoms with E-state index in [4.69, 9.17) is 9.47 Å². The normalized spacial score (nSPS) is 10.5. The summed E-state index contributed by atoms with van der Waals surface area (Å²) in [5.41, 5.74) is 4.96. The van der Waals surface area contributed by atoms with E-state index in [0.29, 0.717) is 6.61 Å². The molecule has 0 saturated heterocycles. The van der Waals surface area contributed by atoms with Crippen molar-refractivity contribution in [3.8, 4) is 11.5 Å². The van der Waals surface area contributed by atoms with Gasteiger partial charge in [-0.25, -0.2) is 0 Å². The molecule has 0 saturated carbocycles. The minimum atomic E-state index is 0.561.